The number of aryl methyl sites for hydroxylation is 1. The Morgan fingerprint density at radius 2 is 1.76 bits per heavy atom. The first kappa shape index (κ1) is 20.7. The van der Waals surface area contributed by atoms with Gasteiger partial charge in [0.1, 0.15) is 17.2 Å². The van der Waals surface area contributed by atoms with Crippen LogP contribution in [0.4, 0.5) is 8.78 Å². The second-order valence-electron chi connectivity index (χ2n) is 6.59. The number of rotatable bonds is 6. The maximum absolute atomic E-state index is 13.8. The molecule has 29 heavy (non-hydrogen) atoms. The van der Waals surface area contributed by atoms with Crippen molar-refractivity contribution >= 4 is 23.4 Å². The maximum Gasteiger partial charge on any atom is 0.343 e. The van der Waals surface area contributed by atoms with Gasteiger partial charge in [0, 0.05) is 23.5 Å². The van der Waals surface area contributed by atoms with Crippen LogP contribution >= 0.6 is 11.6 Å². The molecule has 0 unspecified atom stereocenters. The monoisotopic (exact) mass is 417 g/mol. The van der Waals surface area contributed by atoms with Crippen LogP contribution in [0, 0.1) is 25.5 Å². The lowest BCUT2D eigenvalue weighted by molar-refractivity contribution is 0.0470. The number of benzene rings is 2. The molecule has 0 bridgehead atoms. The van der Waals surface area contributed by atoms with Crippen LogP contribution in [-0.4, -0.2) is 22.9 Å². The first-order chi connectivity index (χ1) is 13.8. The van der Waals surface area contributed by atoms with Gasteiger partial charge in [0.25, 0.3) is 0 Å². The molecule has 0 amide bonds. The van der Waals surface area contributed by atoms with Gasteiger partial charge in [-0.1, -0.05) is 29.8 Å². The van der Waals surface area contributed by atoms with Gasteiger partial charge in [0.2, 0.25) is 5.78 Å². The van der Waals surface area contributed by atoms with E-state index in [1.807, 2.05) is 11.5 Å². The second kappa shape index (κ2) is 8.57. The summed E-state index contributed by atoms with van der Waals surface area (Å²) >= 11 is 5.84. The van der Waals surface area contributed by atoms with Gasteiger partial charge in [-0.3, -0.25) is 4.79 Å². The summed E-state index contributed by atoms with van der Waals surface area (Å²) in [6.45, 7) is 3.55. The number of hydrogen-bond acceptors (Lipinski definition) is 3. The molecule has 150 valence electrons. The zero-order valence-corrected chi connectivity index (χ0v) is 16.6. The van der Waals surface area contributed by atoms with Gasteiger partial charge in [-0.2, -0.15) is 0 Å². The Balaban J connectivity index is 1.73. The zero-order chi connectivity index (χ0) is 21.1. The topological polar surface area (TPSA) is 48.3 Å². The zero-order valence-electron chi connectivity index (χ0n) is 15.8. The number of carbonyl (C=O) groups excluding carboxylic acids is 2. The minimum absolute atomic E-state index is 0.0834. The van der Waals surface area contributed by atoms with Crippen LogP contribution in [-0.2, 0) is 11.3 Å². The van der Waals surface area contributed by atoms with E-state index in [0.717, 1.165) is 17.3 Å². The highest BCUT2D eigenvalue weighted by Gasteiger charge is 2.21. The van der Waals surface area contributed by atoms with Crippen LogP contribution in [0.2, 0.25) is 5.02 Å². The molecule has 1 aromatic heterocycles. The van der Waals surface area contributed by atoms with E-state index >= 15 is 0 Å². The number of carbonyl (C=O) groups is 2. The fraction of sp³-hybridized carbons (Fsp3) is 0.182. The lowest BCUT2D eigenvalue weighted by Crippen LogP contribution is -2.16. The minimum atomic E-state index is -0.999. The molecule has 0 N–H and O–H groups in total. The lowest BCUT2D eigenvalue weighted by atomic mass is 10.1. The molecule has 2 aromatic carbocycles. The standard InChI is InChI=1S/C22H18ClF2NO3/c1-13-10-17(14(2)26(13)11-15-6-8-16(24)9-7-15)20(27)12-29-22(28)21-18(23)4-3-5-19(21)25/h3-10H,11-12H2,1-2H3. The first-order valence-electron chi connectivity index (χ1n) is 8.83. The fourth-order valence-electron chi connectivity index (χ4n) is 3.07. The predicted octanol–water partition coefficient (Wildman–Crippen LogP) is 5.12. The molecular formula is C22H18ClF2NO3. The minimum Gasteiger partial charge on any atom is -0.454 e. The Bertz CT molecular complexity index is 1050. The number of halogens is 3. The van der Waals surface area contributed by atoms with Crippen molar-refractivity contribution in [2.45, 2.75) is 20.4 Å². The predicted molar refractivity (Wildman–Crippen MR) is 105 cm³/mol. The Morgan fingerprint density at radius 3 is 2.41 bits per heavy atom. The summed E-state index contributed by atoms with van der Waals surface area (Å²) in [4.78, 5) is 24.7. The summed E-state index contributed by atoms with van der Waals surface area (Å²) in [7, 11) is 0. The van der Waals surface area contributed by atoms with E-state index < -0.39 is 29.7 Å². The third-order valence-electron chi connectivity index (χ3n) is 4.63. The number of ether oxygens (including phenoxy) is 1. The van der Waals surface area contributed by atoms with E-state index in [2.05, 4.69) is 0 Å². The number of ketones is 1. The molecule has 4 nitrogen and oxygen atoms in total. The lowest BCUT2D eigenvalue weighted by Gasteiger charge is -2.10. The van der Waals surface area contributed by atoms with Crippen molar-refractivity contribution in [3.63, 3.8) is 0 Å². The molecule has 0 aliphatic rings. The van der Waals surface area contributed by atoms with Crippen molar-refractivity contribution < 1.29 is 23.1 Å². The number of hydrogen-bond donors (Lipinski definition) is 0. The quantitative estimate of drug-likeness (QED) is 0.413. The Hall–Kier alpha value is -2.99. The van der Waals surface area contributed by atoms with Gasteiger partial charge < -0.3 is 9.30 Å². The highest BCUT2D eigenvalue weighted by atomic mass is 35.5. The Kier molecular flexibility index (Phi) is 6.13. The third kappa shape index (κ3) is 4.54. The van der Waals surface area contributed by atoms with Crippen molar-refractivity contribution in [1.82, 2.24) is 4.57 Å². The van der Waals surface area contributed by atoms with Crippen LogP contribution in [0.1, 0.15) is 37.7 Å². The van der Waals surface area contributed by atoms with Gasteiger partial charge in [-0.25, -0.2) is 13.6 Å². The molecule has 0 saturated heterocycles. The number of esters is 1. The van der Waals surface area contributed by atoms with Crippen LogP contribution < -0.4 is 0 Å². The fourth-order valence-corrected chi connectivity index (χ4v) is 3.31. The van der Waals surface area contributed by atoms with Crippen LogP contribution in [0.5, 0.6) is 0 Å². The van der Waals surface area contributed by atoms with Gasteiger partial charge in [-0.05, 0) is 49.7 Å². The van der Waals surface area contributed by atoms with Gasteiger partial charge >= 0.3 is 5.97 Å². The van der Waals surface area contributed by atoms with Gasteiger partial charge in [0.05, 0.1) is 5.02 Å². The SMILES string of the molecule is Cc1cc(C(=O)COC(=O)c2c(F)cccc2Cl)c(C)n1Cc1ccc(F)cc1. The molecule has 0 saturated carbocycles. The molecule has 0 fully saturated rings. The normalized spacial score (nSPS) is 10.8. The van der Waals surface area contributed by atoms with Crippen molar-refractivity contribution in [2.24, 2.45) is 0 Å². The summed E-state index contributed by atoms with van der Waals surface area (Å²) in [5.41, 5.74) is 2.41. The van der Waals surface area contributed by atoms with E-state index in [-0.39, 0.29) is 10.8 Å². The maximum atomic E-state index is 13.8. The third-order valence-corrected chi connectivity index (χ3v) is 4.94. The average Bonchev–Trinajstić information content (AvgIpc) is 2.96. The van der Waals surface area contributed by atoms with E-state index in [9.17, 15) is 18.4 Å². The Labute approximate surface area is 171 Å². The Morgan fingerprint density at radius 1 is 1.07 bits per heavy atom. The highest BCUT2D eigenvalue weighted by molar-refractivity contribution is 6.33. The summed E-state index contributed by atoms with van der Waals surface area (Å²) in [5, 5.41) is -0.0834. The molecule has 0 aliphatic carbocycles. The summed E-state index contributed by atoms with van der Waals surface area (Å²) in [5.74, 6) is -2.54. The average molecular weight is 418 g/mol. The molecule has 1 heterocycles. The first-order valence-corrected chi connectivity index (χ1v) is 9.21. The number of aromatic nitrogens is 1. The molecule has 0 atom stereocenters. The van der Waals surface area contributed by atoms with Crippen molar-refractivity contribution in [1.29, 1.82) is 0 Å². The molecule has 3 aromatic rings. The van der Waals surface area contributed by atoms with Crippen LogP contribution in [0.25, 0.3) is 0 Å². The second-order valence-corrected chi connectivity index (χ2v) is 7.00. The van der Waals surface area contributed by atoms with E-state index in [1.165, 1.54) is 24.3 Å². The molecule has 7 heteroatoms. The number of nitrogens with zero attached hydrogens (tertiary/aromatic N) is 1. The summed E-state index contributed by atoms with van der Waals surface area (Å²) in [6, 6.07) is 11.6. The van der Waals surface area contributed by atoms with Crippen LogP contribution in [0.15, 0.2) is 48.5 Å². The largest absolute Gasteiger partial charge is 0.454 e. The molecule has 0 radical (unpaired) electrons. The molecule has 0 aliphatic heterocycles. The smallest absolute Gasteiger partial charge is 0.343 e. The van der Waals surface area contributed by atoms with Crippen molar-refractivity contribution in [3.8, 4) is 0 Å². The van der Waals surface area contributed by atoms with Gasteiger partial charge in [0.15, 0.2) is 6.61 Å². The van der Waals surface area contributed by atoms with E-state index in [4.69, 9.17) is 16.3 Å². The number of Topliss-reactive ketones (excluding diaryl/α,β-unsaturated/α-hetero) is 1. The van der Waals surface area contributed by atoms with E-state index in [0.29, 0.717) is 17.8 Å². The van der Waals surface area contributed by atoms with Gasteiger partial charge in [-0.15, -0.1) is 0 Å². The molecule has 3 rings (SSSR count). The molecule has 0 spiro atoms. The van der Waals surface area contributed by atoms with Crippen molar-refractivity contribution in [2.75, 3.05) is 6.61 Å². The summed E-state index contributed by atoms with van der Waals surface area (Å²) < 4.78 is 33.8. The van der Waals surface area contributed by atoms with Crippen molar-refractivity contribution in [3.05, 3.63) is 93.3 Å². The van der Waals surface area contributed by atoms with Crippen LogP contribution in [0.3, 0.4) is 0 Å². The summed E-state index contributed by atoms with van der Waals surface area (Å²) in [6.07, 6.45) is 0. The molecular weight excluding hydrogens is 400 g/mol. The highest BCUT2D eigenvalue weighted by Crippen LogP contribution is 2.21. The van der Waals surface area contributed by atoms with E-state index in [1.54, 1.807) is 25.1 Å².